The molecule has 0 atom stereocenters. The summed E-state index contributed by atoms with van der Waals surface area (Å²) < 4.78 is 27.3. The van der Waals surface area contributed by atoms with Gasteiger partial charge in [0, 0.05) is 6.54 Å². The second kappa shape index (κ2) is 2.18. The van der Waals surface area contributed by atoms with E-state index in [0.717, 1.165) is 0 Å². The minimum absolute atomic E-state index is 0.225. The third-order valence-electron chi connectivity index (χ3n) is 2.17. The standard InChI is InChI=1S/C6H11NO3S/c8-11(9)2-1-7-6(5-11)3-10-4-6/h7H,1-5H2. The molecule has 2 fully saturated rings. The SMILES string of the molecule is O=S1(=O)CCNC2(COC2)C1. The third-order valence-corrected chi connectivity index (χ3v) is 3.98. The van der Waals surface area contributed by atoms with Gasteiger partial charge in [-0.25, -0.2) is 8.42 Å². The van der Waals surface area contributed by atoms with Gasteiger partial charge in [0.05, 0.1) is 30.3 Å². The van der Waals surface area contributed by atoms with E-state index in [1.54, 1.807) is 0 Å². The molecule has 2 aliphatic rings. The molecular weight excluding hydrogens is 166 g/mol. The third kappa shape index (κ3) is 1.28. The number of sulfone groups is 1. The summed E-state index contributed by atoms with van der Waals surface area (Å²) in [5, 5.41) is 3.18. The van der Waals surface area contributed by atoms with Gasteiger partial charge in [-0.2, -0.15) is 0 Å². The summed E-state index contributed by atoms with van der Waals surface area (Å²) in [6, 6.07) is 0. The Morgan fingerprint density at radius 1 is 1.36 bits per heavy atom. The molecule has 0 aliphatic carbocycles. The Morgan fingerprint density at radius 2 is 2.09 bits per heavy atom. The number of hydrogen-bond donors (Lipinski definition) is 1. The Kier molecular flexibility index (Phi) is 1.49. The van der Waals surface area contributed by atoms with Crippen LogP contribution < -0.4 is 5.32 Å². The summed E-state index contributed by atoms with van der Waals surface area (Å²) in [5.41, 5.74) is -0.225. The second-order valence-electron chi connectivity index (χ2n) is 3.29. The predicted molar refractivity (Wildman–Crippen MR) is 40.2 cm³/mol. The van der Waals surface area contributed by atoms with Crippen molar-refractivity contribution in [3.8, 4) is 0 Å². The van der Waals surface area contributed by atoms with Crippen molar-refractivity contribution in [1.29, 1.82) is 0 Å². The van der Waals surface area contributed by atoms with E-state index in [0.29, 0.717) is 19.8 Å². The zero-order valence-electron chi connectivity index (χ0n) is 6.17. The van der Waals surface area contributed by atoms with Crippen LogP contribution in [0.2, 0.25) is 0 Å². The first-order valence-corrected chi connectivity index (χ1v) is 5.47. The monoisotopic (exact) mass is 177 g/mol. The molecule has 1 spiro atoms. The molecule has 0 aromatic carbocycles. The van der Waals surface area contributed by atoms with E-state index in [9.17, 15) is 8.42 Å². The molecule has 1 N–H and O–H groups in total. The Morgan fingerprint density at radius 3 is 2.45 bits per heavy atom. The quantitative estimate of drug-likeness (QED) is 0.503. The molecule has 0 amide bonds. The lowest BCUT2D eigenvalue weighted by Crippen LogP contribution is -2.67. The van der Waals surface area contributed by atoms with Gasteiger partial charge in [-0.3, -0.25) is 0 Å². The van der Waals surface area contributed by atoms with Gasteiger partial charge >= 0.3 is 0 Å². The van der Waals surface area contributed by atoms with Crippen LogP contribution in [-0.4, -0.2) is 45.2 Å². The fourth-order valence-corrected chi connectivity index (χ4v) is 3.22. The van der Waals surface area contributed by atoms with Crippen LogP contribution in [0.25, 0.3) is 0 Å². The van der Waals surface area contributed by atoms with Gasteiger partial charge in [0.15, 0.2) is 9.84 Å². The van der Waals surface area contributed by atoms with Gasteiger partial charge in [-0.15, -0.1) is 0 Å². The average Bonchev–Trinajstić information content (AvgIpc) is 1.82. The van der Waals surface area contributed by atoms with Crippen molar-refractivity contribution < 1.29 is 13.2 Å². The van der Waals surface area contributed by atoms with Gasteiger partial charge in [0.1, 0.15) is 0 Å². The normalized spacial score (nSPS) is 33.1. The van der Waals surface area contributed by atoms with Crippen LogP contribution >= 0.6 is 0 Å². The van der Waals surface area contributed by atoms with Gasteiger partial charge in [-0.1, -0.05) is 0 Å². The van der Waals surface area contributed by atoms with E-state index in [4.69, 9.17) is 4.74 Å². The van der Waals surface area contributed by atoms with Crippen molar-refractivity contribution in [3.05, 3.63) is 0 Å². The van der Waals surface area contributed by atoms with Crippen LogP contribution in [0.5, 0.6) is 0 Å². The maximum Gasteiger partial charge on any atom is 0.153 e. The van der Waals surface area contributed by atoms with Crippen molar-refractivity contribution in [2.75, 3.05) is 31.3 Å². The lowest BCUT2D eigenvalue weighted by molar-refractivity contribution is -0.0627. The molecule has 0 saturated carbocycles. The Balaban J connectivity index is 2.15. The maximum atomic E-state index is 11.2. The van der Waals surface area contributed by atoms with Crippen LogP contribution in [0.1, 0.15) is 0 Å². The number of rotatable bonds is 0. The van der Waals surface area contributed by atoms with Gasteiger partial charge < -0.3 is 10.1 Å². The lowest BCUT2D eigenvalue weighted by atomic mass is 10.0. The molecule has 2 heterocycles. The van der Waals surface area contributed by atoms with Gasteiger partial charge in [0.2, 0.25) is 0 Å². The molecule has 2 saturated heterocycles. The number of ether oxygens (including phenoxy) is 1. The summed E-state index contributed by atoms with van der Waals surface area (Å²) in [5.74, 6) is 0.523. The van der Waals surface area contributed by atoms with E-state index in [-0.39, 0.29) is 17.0 Å². The molecule has 5 heteroatoms. The highest BCUT2D eigenvalue weighted by Gasteiger charge is 2.44. The molecule has 0 bridgehead atoms. The highest BCUT2D eigenvalue weighted by molar-refractivity contribution is 7.91. The fourth-order valence-electron chi connectivity index (χ4n) is 1.55. The predicted octanol–water partition coefficient (Wildman–Crippen LogP) is -1.23. The molecule has 2 aliphatic heterocycles. The Bertz CT molecular complexity index is 255. The lowest BCUT2D eigenvalue weighted by Gasteiger charge is -2.44. The first-order chi connectivity index (χ1) is 5.12. The van der Waals surface area contributed by atoms with Crippen molar-refractivity contribution in [2.24, 2.45) is 0 Å². The topological polar surface area (TPSA) is 55.4 Å². The molecule has 4 nitrogen and oxygen atoms in total. The first kappa shape index (κ1) is 7.52. The Labute approximate surface area is 65.8 Å². The largest absolute Gasteiger partial charge is 0.377 e. The molecule has 64 valence electrons. The van der Waals surface area contributed by atoms with E-state index in [2.05, 4.69) is 5.32 Å². The molecule has 2 rings (SSSR count). The van der Waals surface area contributed by atoms with Gasteiger partial charge in [-0.05, 0) is 0 Å². The van der Waals surface area contributed by atoms with E-state index >= 15 is 0 Å². The van der Waals surface area contributed by atoms with E-state index in [1.165, 1.54) is 0 Å². The maximum absolute atomic E-state index is 11.2. The molecule has 0 aromatic rings. The van der Waals surface area contributed by atoms with Crippen molar-refractivity contribution >= 4 is 9.84 Å². The molecule has 11 heavy (non-hydrogen) atoms. The van der Waals surface area contributed by atoms with E-state index < -0.39 is 9.84 Å². The van der Waals surface area contributed by atoms with Crippen LogP contribution in [0.15, 0.2) is 0 Å². The highest BCUT2D eigenvalue weighted by Crippen LogP contribution is 2.21. The van der Waals surface area contributed by atoms with Crippen LogP contribution in [0.3, 0.4) is 0 Å². The minimum Gasteiger partial charge on any atom is -0.377 e. The first-order valence-electron chi connectivity index (χ1n) is 3.65. The van der Waals surface area contributed by atoms with Gasteiger partial charge in [0.25, 0.3) is 0 Å². The average molecular weight is 177 g/mol. The Hall–Kier alpha value is -0.130. The van der Waals surface area contributed by atoms with Crippen molar-refractivity contribution in [3.63, 3.8) is 0 Å². The smallest absolute Gasteiger partial charge is 0.153 e. The summed E-state index contributed by atoms with van der Waals surface area (Å²) in [6.07, 6.45) is 0. The summed E-state index contributed by atoms with van der Waals surface area (Å²) in [4.78, 5) is 0. The zero-order valence-corrected chi connectivity index (χ0v) is 6.99. The summed E-state index contributed by atoms with van der Waals surface area (Å²) in [6.45, 7) is 1.67. The second-order valence-corrected chi connectivity index (χ2v) is 5.48. The fraction of sp³-hybridized carbons (Fsp3) is 1.00. The molecule has 0 unspecified atom stereocenters. The molecule has 0 aromatic heterocycles. The molecule has 0 radical (unpaired) electrons. The van der Waals surface area contributed by atoms with E-state index in [1.807, 2.05) is 0 Å². The minimum atomic E-state index is -2.79. The van der Waals surface area contributed by atoms with Crippen LogP contribution in [0.4, 0.5) is 0 Å². The van der Waals surface area contributed by atoms with Crippen molar-refractivity contribution in [2.45, 2.75) is 5.54 Å². The number of nitrogens with one attached hydrogen (secondary N) is 1. The highest BCUT2D eigenvalue weighted by atomic mass is 32.2. The van der Waals surface area contributed by atoms with Crippen LogP contribution in [-0.2, 0) is 14.6 Å². The zero-order chi connectivity index (χ0) is 7.95. The summed E-state index contributed by atoms with van der Waals surface area (Å²) in [7, 11) is -2.79. The van der Waals surface area contributed by atoms with Crippen molar-refractivity contribution in [1.82, 2.24) is 5.32 Å². The number of hydrogen-bond acceptors (Lipinski definition) is 4. The summed E-state index contributed by atoms with van der Waals surface area (Å²) >= 11 is 0. The van der Waals surface area contributed by atoms with Crippen LogP contribution in [0, 0.1) is 0 Å². The molecular formula is C6H11NO3S.